The van der Waals surface area contributed by atoms with Crippen molar-refractivity contribution >= 4 is 27.6 Å². The molecule has 3 aromatic rings. The predicted molar refractivity (Wildman–Crippen MR) is 117 cm³/mol. The fourth-order valence-corrected chi connectivity index (χ4v) is 5.19. The number of aromatic carboxylic acids is 1. The molecule has 156 valence electrons. The smallest absolute Gasteiger partial charge is 0.335 e. The zero-order valence-corrected chi connectivity index (χ0v) is 18.0. The highest BCUT2D eigenvalue weighted by molar-refractivity contribution is 7.89. The number of nitrogens with zero attached hydrogens (tertiary/aromatic N) is 1. The molecule has 0 amide bonds. The van der Waals surface area contributed by atoms with Crippen LogP contribution in [-0.2, 0) is 16.6 Å². The standard InChI is InChI=1S/C23H22ClNO4S/c1-2-22(18-11-13-20(24)14-12-18)25(30(28,29)21-9-4-3-5-10-21)16-17-7-6-8-19(15-17)23(26)27/h3-15,22H,2,16H2,1H3,(H,26,27). The summed E-state index contributed by atoms with van der Waals surface area (Å²) in [5.74, 6) is -1.06. The van der Waals surface area contributed by atoms with E-state index in [-0.39, 0.29) is 17.0 Å². The number of carboxylic acid groups (broad SMARTS) is 1. The summed E-state index contributed by atoms with van der Waals surface area (Å²) in [6, 6.07) is 21.2. The van der Waals surface area contributed by atoms with E-state index in [1.165, 1.54) is 16.4 Å². The van der Waals surface area contributed by atoms with Gasteiger partial charge in [0.25, 0.3) is 0 Å². The Bertz CT molecular complexity index is 1120. The van der Waals surface area contributed by atoms with E-state index in [0.717, 1.165) is 5.56 Å². The second-order valence-electron chi connectivity index (χ2n) is 6.84. The Hall–Kier alpha value is -2.67. The fraction of sp³-hybridized carbons (Fsp3) is 0.174. The van der Waals surface area contributed by atoms with Crippen LogP contribution in [0.3, 0.4) is 0 Å². The first-order chi connectivity index (χ1) is 14.3. The van der Waals surface area contributed by atoms with E-state index >= 15 is 0 Å². The van der Waals surface area contributed by atoms with Gasteiger partial charge in [0, 0.05) is 11.6 Å². The van der Waals surface area contributed by atoms with Crippen molar-refractivity contribution in [2.75, 3.05) is 0 Å². The Morgan fingerprint density at radius 2 is 1.67 bits per heavy atom. The SMILES string of the molecule is CCC(c1ccc(Cl)cc1)N(Cc1cccc(C(=O)O)c1)S(=O)(=O)c1ccccc1. The maximum Gasteiger partial charge on any atom is 0.335 e. The van der Waals surface area contributed by atoms with Gasteiger partial charge in [-0.2, -0.15) is 4.31 Å². The third-order valence-electron chi connectivity index (χ3n) is 4.85. The Balaban J connectivity index is 2.09. The lowest BCUT2D eigenvalue weighted by Gasteiger charge is -2.31. The highest BCUT2D eigenvalue weighted by Crippen LogP contribution is 2.32. The molecule has 1 unspecified atom stereocenters. The molecule has 1 atom stereocenters. The molecule has 0 saturated heterocycles. The monoisotopic (exact) mass is 443 g/mol. The molecule has 7 heteroatoms. The average molecular weight is 444 g/mol. The molecule has 0 aliphatic heterocycles. The zero-order valence-electron chi connectivity index (χ0n) is 16.4. The highest BCUT2D eigenvalue weighted by atomic mass is 35.5. The third-order valence-corrected chi connectivity index (χ3v) is 6.97. The summed E-state index contributed by atoms with van der Waals surface area (Å²) in [5, 5.41) is 9.87. The fourth-order valence-electron chi connectivity index (χ4n) is 3.36. The van der Waals surface area contributed by atoms with Crippen LogP contribution in [0.25, 0.3) is 0 Å². The number of sulfonamides is 1. The third kappa shape index (κ3) is 4.90. The normalized spacial score (nSPS) is 12.6. The van der Waals surface area contributed by atoms with Crippen molar-refractivity contribution in [1.29, 1.82) is 0 Å². The topological polar surface area (TPSA) is 74.7 Å². The molecule has 0 saturated carbocycles. The van der Waals surface area contributed by atoms with Gasteiger partial charge in [-0.3, -0.25) is 0 Å². The van der Waals surface area contributed by atoms with Gasteiger partial charge in [-0.25, -0.2) is 13.2 Å². The molecule has 3 aromatic carbocycles. The number of halogens is 1. The van der Waals surface area contributed by atoms with Crippen molar-refractivity contribution in [2.24, 2.45) is 0 Å². The molecule has 0 fully saturated rings. The van der Waals surface area contributed by atoms with Crippen LogP contribution in [0.4, 0.5) is 0 Å². The Labute approximate surface area is 181 Å². The second-order valence-corrected chi connectivity index (χ2v) is 9.17. The number of hydrogen-bond donors (Lipinski definition) is 1. The number of carbonyl (C=O) groups is 1. The van der Waals surface area contributed by atoms with Crippen LogP contribution in [0.15, 0.2) is 83.8 Å². The summed E-state index contributed by atoms with van der Waals surface area (Å²) in [6.45, 7) is 1.96. The van der Waals surface area contributed by atoms with Crippen LogP contribution in [0.2, 0.25) is 5.02 Å². The Morgan fingerprint density at radius 1 is 1.00 bits per heavy atom. The van der Waals surface area contributed by atoms with Gasteiger partial charge in [-0.15, -0.1) is 0 Å². The number of carboxylic acids is 1. The first-order valence-electron chi connectivity index (χ1n) is 9.47. The first-order valence-corrected chi connectivity index (χ1v) is 11.3. The lowest BCUT2D eigenvalue weighted by molar-refractivity contribution is 0.0696. The van der Waals surface area contributed by atoms with Gasteiger partial charge < -0.3 is 5.11 Å². The zero-order chi connectivity index (χ0) is 21.7. The van der Waals surface area contributed by atoms with Crippen LogP contribution >= 0.6 is 11.6 Å². The van der Waals surface area contributed by atoms with Gasteiger partial charge in [-0.05, 0) is 53.9 Å². The lowest BCUT2D eigenvalue weighted by Crippen LogP contribution is -2.34. The molecule has 30 heavy (non-hydrogen) atoms. The molecule has 1 N–H and O–H groups in total. The van der Waals surface area contributed by atoms with E-state index in [1.807, 2.05) is 19.1 Å². The Kier molecular flexibility index (Phi) is 6.92. The predicted octanol–water partition coefficient (Wildman–Crippen LogP) is 5.38. The van der Waals surface area contributed by atoms with E-state index in [2.05, 4.69) is 0 Å². The molecule has 0 radical (unpaired) electrons. The van der Waals surface area contributed by atoms with Crippen LogP contribution in [0, 0.1) is 0 Å². The van der Waals surface area contributed by atoms with Gasteiger partial charge in [0.05, 0.1) is 16.5 Å². The minimum Gasteiger partial charge on any atom is -0.478 e. The number of benzene rings is 3. The van der Waals surface area contributed by atoms with E-state index < -0.39 is 22.0 Å². The van der Waals surface area contributed by atoms with E-state index in [9.17, 15) is 18.3 Å². The van der Waals surface area contributed by atoms with Crippen LogP contribution in [0.1, 0.15) is 40.9 Å². The molecule has 5 nitrogen and oxygen atoms in total. The van der Waals surface area contributed by atoms with Crippen molar-refractivity contribution in [3.8, 4) is 0 Å². The van der Waals surface area contributed by atoms with Gasteiger partial charge in [-0.1, -0.05) is 61.0 Å². The minimum absolute atomic E-state index is 0.0412. The number of hydrogen-bond acceptors (Lipinski definition) is 3. The number of rotatable bonds is 8. The molecule has 0 heterocycles. The summed E-state index contributed by atoms with van der Waals surface area (Å²) in [5.41, 5.74) is 1.53. The van der Waals surface area contributed by atoms with Gasteiger partial charge in [0.2, 0.25) is 10.0 Å². The summed E-state index contributed by atoms with van der Waals surface area (Å²) < 4.78 is 28.6. The largest absolute Gasteiger partial charge is 0.478 e. The molecule has 0 bridgehead atoms. The van der Waals surface area contributed by atoms with E-state index in [0.29, 0.717) is 17.0 Å². The molecular formula is C23H22ClNO4S. The lowest BCUT2D eigenvalue weighted by atomic mass is 10.0. The van der Waals surface area contributed by atoms with Crippen LogP contribution in [0.5, 0.6) is 0 Å². The molecule has 0 aliphatic carbocycles. The molecular weight excluding hydrogens is 422 g/mol. The van der Waals surface area contributed by atoms with E-state index in [1.54, 1.807) is 54.6 Å². The molecule has 0 aromatic heterocycles. The van der Waals surface area contributed by atoms with Crippen molar-refractivity contribution in [1.82, 2.24) is 4.31 Å². The van der Waals surface area contributed by atoms with Crippen LogP contribution in [-0.4, -0.2) is 23.8 Å². The van der Waals surface area contributed by atoms with Gasteiger partial charge in [0.1, 0.15) is 0 Å². The minimum atomic E-state index is -3.85. The van der Waals surface area contributed by atoms with Crippen molar-refractivity contribution in [3.05, 3.63) is 101 Å². The molecule has 0 aliphatic rings. The summed E-state index contributed by atoms with van der Waals surface area (Å²) in [6.07, 6.45) is 0.534. The summed E-state index contributed by atoms with van der Waals surface area (Å²) in [4.78, 5) is 11.5. The molecule has 0 spiro atoms. The highest BCUT2D eigenvalue weighted by Gasteiger charge is 2.31. The second kappa shape index (κ2) is 9.43. The maximum atomic E-state index is 13.6. The van der Waals surface area contributed by atoms with Crippen LogP contribution < -0.4 is 0 Å². The van der Waals surface area contributed by atoms with Crippen molar-refractivity contribution in [2.45, 2.75) is 30.8 Å². The first kappa shape index (κ1) is 22.0. The van der Waals surface area contributed by atoms with Crippen molar-refractivity contribution in [3.63, 3.8) is 0 Å². The summed E-state index contributed by atoms with van der Waals surface area (Å²) >= 11 is 6.01. The quantitative estimate of drug-likeness (QED) is 0.507. The Morgan fingerprint density at radius 3 is 2.27 bits per heavy atom. The molecule has 3 rings (SSSR count). The maximum absolute atomic E-state index is 13.6. The average Bonchev–Trinajstić information content (AvgIpc) is 2.75. The van der Waals surface area contributed by atoms with Gasteiger partial charge in [0.15, 0.2) is 0 Å². The van der Waals surface area contributed by atoms with Gasteiger partial charge >= 0.3 is 5.97 Å². The van der Waals surface area contributed by atoms with E-state index in [4.69, 9.17) is 11.6 Å². The van der Waals surface area contributed by atoms with Crippen molar-refractivity contribution < 1.29 is 18.3 Å². The summed E-state index contributed by atoms with van der Waals surface area (Å²) in [7, 11) is -3.85.